The summed E-state index contributed by atoms with van der Waals surface area (Å²) in [5, 5.41) is 19.4. The van der Waals surface area contributed by atoms with Crippen LogP contribution in [0.2, 0.25) is 0 Å². The van der Waals surface area contributed by atoms with Gasteiger partial charge in [0.25, 0.3) is 5.91 Å². The molecule has 1 saturated heterocycles. The van der Waals surface area contributed by atoms with E-state index in [9.17, 15) is 19.5 Å². The van der Waals surface area contributed by atoms with Crippen LogP contribution >= 0.6 is 22.7 Å². The summed E-state index contributed by atoms with van der Waals surface area (Å²) in [6, 6.07) is 0.614. The number of piperidine rings is 1. The van der Waals surface area contributed by atoms with Crippen molar-refractivity contribution in [3.8, 4) is 0 Å². The van der Waals surface area contributed by atoms with Crippen molar-refractivity contribution >= 4 is 55.2 Å². The van der Waals surface area contributed by atoms with Gasteiger partial charge in [0.2, 0.25) is 0 Å². The molecule has 1 aliphatic heterocycles. The number of rotatable bonds is 4. The lowest BCUT2D eigenvalue weighted by atomic mass is 9.90. The lowest BCUT2D eigenvalue weighted by Gasteiger charge is -2.35. The Bertz CT molecular complexity index is 812. The number of hydrogen-bond donors (Lipinski definition) is 2. The minimum absolute atomic E-state index is 0.0703. The molecule has 0 radical (unpaired) electrons. The molecular weight excluding hydrogens is 366 g/mol. The Morgan fingerprint density at radius 2 is 1.96 bits per heavy atom. The highest BCUT2D eigenvalue weighted by molar-refractivity contribution is 7.29. The molecule has 0 spiro atoms. The van der Waals surface area contributed by atoms with Crippen molar-refractivity contribution in [1.29, 1.82) is 0 Å². The van der Waals surface area contributed by atoms with Crippen LogP contribution in [0.1, 0.15) is 22.5 Å². The van der Waals surface area contributed by atoms with Gasteiger partial charge in [-0.25, -0.2) is 9.78 Å². The van der Waals surface area contributed by atoms with Gasteiger partial charge in [-0.3, -0.25) is 9.59 Å². The summed E-state index contributed by atoms with van der Waals surface area (Å²) >= 11 is 2.69. The lowest BCUT2D eigenvalue weighted by Crippen LogP contribution is -2.51. The third-order valence-electron chi connectivity index (χ3n) is 4.17. The van der Waals surface area contributed by atoms with E-state index in [1.807, 2.05) is 19.0 Å². The van der Waals surface area contributed by atoms with Crippen molar-refractivity contribution in [2.24, 2.45) is 5.92 Å². The van der Waals surface area contributed by atoms with Crippen LogP contribution in [0.5, 0.6) is 0 Å². The molecule has 0 aliphatic carbocycles. The van der Waals surface area contributed by atoms with E-state index in [1.54, 1.807) is 6.07 Å². The predicted octanol–water partition coefficient (Wildman–Crippen LogP) is 1.81. The second-order valence-corrected chi connectivity index (χ2v) is 8.12. The van der Waals surface area contributed by atoms with Gasteiger partial charge in [-0.1, -0.05) is 11.3 Å². The smallest absolute Gasteiger partial charge is 0.326 e. The number of aromatic nitrogens is 1. The number of nitrogens with zero attached hydrogens (tertiary/aromatic N) is 3. The van der Waals surface area contributed by atoms with Crippen LogP contribution < -0.4 is 4.90 Å². The van der Waals surface area contributed by atoms with E-state index in [-0.39, 0.29) is 25.3 Å². The van der Waals surface area contributed by atoms with Crippen molar-refractivity contribution in [2.45, 2.75) is 18.9 Å². The molecule has 1 aliphatic rings. The number of thiophene rings is 1. The monoisotopic (exact) mass is 383 g/mol. The highest BCUT2D eigenvalue weighted by atomic mass is 32.1. The van der Waals surface area contributed by atoms with Crippen molar-refractivity contribution in [2.75, 3.05) is 25.5 Å². The van der Waals surface area contributed by atoms with Crippen molar-refractivity contribution < 1.29 is 24.6 Å². The summed E-state index contributed by atoms with van der Waals surface area (Å²) in [6.07, 6.45) is 0.187. The van der Waals surface area contributed by atoms with Gasteiger partial charge in [-0.05, 0) is 18.9 Å². The first-order chi connectivity index (χ1) is 11.8. The molecule has 2 N–H and O–H groups in total. The minimum atomic E-state index is -1.18. The number of carboxylic acids is 2. The lowest BCUT2D eigenvalue weighted by molar-refractivity contribution is -0.149. The van der Waals surface area contributed by atoms with Gasteiger partial charge in [0.05, 0.1) is 15.5 Å². The van der Waals surface area contributed by atoms with Gasteiger partial charge in [0.1, 0.15) is 10.9 Å². The quantitative estimate of drug-likeness (QED) is 0.828. The number of fused-ring (bicyclic) bond motifs is 1. The molecule has 1 amide bonds. The third-order valence-corrected chi connectivity index (χ3v) is 6.49. The Morgan fingerprint density at radius 1 is 1.24 bits per heavy atom. The van der Waals surface area contributed by atoms with Crippen LogP contribution in [0.3, 0.4) is 0 Å². The molecule has 2 atom stereocenters. The normalized spacial score (nSPS) is 20.6. The van der Waals surface area contributed by atoms with Gasteiger partial charge in [0.15, 0.2) is 5.13 Å². The average Bonchev–Trinajstić information content (AvgIpc) is 3.12. The van der Waals surface area contributed by atoms with E-state index in [1.165, 1.54) is 27.6 Å². The summed E-state index contributed by atoms with van der Waals surface area (Å²) < 4.78 is 0.879. The fourth-order valence-electron chi connectivity index (χ4n) is 2.83. The first-order valence-electron chi connectivity index (χ1n) is 7.62. The summed E-state index contributed by atoms with van der Waals surface area (Å²) in [5.41, 5.74) is 0. The SMILES string of the molecule is CN(C)c1nc2sc(C(=O)N3CCC(C(=O)O)CC3C(=O)O)cc2s1. The van der Waals surface area contributed by atoms with Crippen molar-refractivity contribution in [3.63, 3.8) is 0 Å². The Balaban J connectivity index is 1.84. The zero-order chi connectivity index (χ0) is 18.3. The Kier molecular flexibility index (Phi) is 4.65. The molecule has 8 nitrogen and oxygen atoms in total. The van der Waals surface area contributed by atoms with Crippen LogP contribution in [0.15, 0.2) is 6.07 Å². The van der Waals surface area contributed by atoms with Crippen LogP contribution in [0.4, 0.5) is 5.13 Å². The average molecular weight is 383 g/mol. The molecular formula is C15H17N3O5S2. The molecule has 3 heterocycles. The minimum Gasteiger partial charge on any atom is -0.481 e. The van der Waals surface area contributed by atoms with Crippen molar-refractivity contribution in [1.82, 2.24) is 9.88 Å². The summed E-state index contributed by atoms with van der Waals surface area (Å²) in [5.74, 6) is -3.31. The second-order valence-electron chi connectivity index (χ2n) is 6.08. The molecule has 0 bridgehead atoms. The molecule has 0 aromatic carbocycles. The number of thiazole rings is 1. The first kappa shape index (κ1) is 17.6. The van der Waals surface area contributed by atoms with Gasteiger partial charge < -0.3 is 20.0 Å². The molecule has 2 aromatic heterocycles. The summed E-state index contributed by atoms with van der Waals surface area (Å²) in [6.45, 7) is 0.120. The third kappa shape index (κ3) is 3.31. The number of likely N-dealkylation sites (tertiary alicyclic amines) is 1. The van der Waals surface area contributed by atoms with E-state index < -0.39 is 23.9 Å². The zero-order valence-electron chi connectivity index (χ0n) is 13.6. The Hall–Kier alpha value is -2.20. The molecule has 25 heavy (non-hydrogen) atoms. The van der Waals surface area contributed by atoms with E-state index in [0.717, 1.165) is 14.7 Å². The number of carboxylic acid groups (broad SMARTS) is 2. The first-order valence-corrected chi connectivity index (χ1v) is 9.25. The van der Waals surface area contributed by atoms with E-state index in [4.69, 9.17) is 5.11 Å². The van der Waals surface area contributed by atoms with Gasteiger partial charge >= 0.3 is 11.9 Å². The summed E-state index contributed by atoms with van der Waals surface area (Å²) in [4.78, 5) is 44.2. The van der Waals surface area contributed by atoms with Crippen LogP contribution in [0.25, 0.3) is 9.53 Å². The van der Waals surface area contributed by atoms with Crippen LogP contribution in [0, 0.1) is 5.92 Å². The van der Waals surface area contributed by atoms with Crippen LogP contribution in [-0.4, -0.2) is 64.6 Å². The largest absolute Gasteiger partial charge is 0.481 e. The molecule has 0 saturated carbocycles. The molecule has 1 fully saturated rings. The maximum Gasteiger partial charge on any atom is 0.326 e. The second kappa shape index (κ2) is 6.60. The molecule has 3 rings (SSSR count). The van der Waals surface area contributed by atoms with Crippen LogP contribution in [-0.2, 0) is 9.59 Å². The summed E-state index contributed by atoms with van der Waals surface area (Å²) in [7, 11) is 3.77. The number of aliphatic carboxylic acids is 2. The van der Waals surface area contributed by atoms with Gasteiger partial charge in [-0.15, -0.1) is 11.3 Å². The van der Waals surface area contributed by atoms with Gasteiger partial charge in [-0.2, -0.15) is 0 Å². The fourth-order valence-corrected chi connectivity index (χ4v) is 4.92. The highest BCUT2D eigenvalue weighted by Crippen LogP contribution is 2.35. The highest BCUT2D eigenvalue weighted by Gasteiger charge is 2.39. The Morgan fingerprint density at radius 3 is 2.52 bits per heavy atom. The number of amides is 1. The molecule has 134 valence electrons. The standard InChI is InChI=1S/C15H17N3O5S2/c1-17(2)15-16-11-9(25-15)6-10(24-11)12(19)18-4-3-7(13(20)21)5-8(18)14(22)23/h6-8H,3-5H2,1-2H3,(H,20,21)(H,22,23). The number of hydrogen-bond acceptors (Lipinski definition) is 7. The molecule has 2 aromatic rings. The molecule has 10 heteroatoms. The fraction of sp³-hybridized carbons (Fsp3) is 0.467. The zero-order valence-corrected chi connectivity index (χ0v) is 15.3. The predicted molar refractivity (Wildman–Crippen MR) is 94.6 cm³/mol. The van der Waals surface area contributed by atoms with E-state index in [2.05, 4.69) is 4.98 Å². The number of carbonyl (C=O) groups excluding carboxylic acids is 1. The van der Waals surface area contributed by atoms with Crippen molar-refractivity contribution in [3.05, 3.63) is 10.9 Å². The molecule has 2 unspecified atom stereocenters. The van der Waals surface area contributed by atoms with E-state index >= 15 is 0 Å². The van der Waals surface area contributed by atoms with Gasteiger partial charge in [0, 0.05) is 20.6 Å². The van der Waals surface area contributed by atoms with E-state index in [0.29, 0.717) is 4.88 Å². The Labute approximate surface area is 151 Å². The number of anilines is 1. The number of carbonyl (C=O) groups is 3. The maximum absolute atomic E-state index is 12.8. The topological polar surface area (TPSA) is 111 Å². The maximum atomic E-state index is 12.8.